The van der Waals surface area contributed by atoms with Crippen LogP contribution in [0.2, 0.25) is 0 Å². The SMILES string of the molecule is CCN1CCN(CCCNS(=O)(=O)c2cc3c(cc2Br)CCN3C(C)=O)CC1. The van der Waals surface area contributed by atoms with E-state index in [1.54, 1.807) is 11.0 Å². The number of nitrogens with one attached hydrogen (secondary N) is 1. The number of amides is 1. The molecular formula is C19H29BrN4O3S. The van der Waals surface area contributed by atoms with Crippen LogP contribution in [0.3, 0.4) is 0 Å². The zero-order valence-corrected chi connectivity index (χ0v) is 19.0. The normalized spacial score (nSPS) is 18.5. The van der Waals surface area contributed by atoms with Crippen LogP contribution in [-0.4, -0.2) is 76.5 Å². The minimum absolute atomic E-state index is 0.0689. The molecule has 0 atom stereocenters. The molecule has 0 radical (unpaired) electrons. The smallest absolute Gasteiger partial charge is 0.241 e. The van der Waals surface area contributed by atoms with Gasteiger partial charge in [-0.25, -0.2) is 13.1 Å². The zero-order chi connectivity index (χ0) is 20.3. The number of carbonyl (C=O) groups is 1. The molecule has 0 bridgehead atoms. The first kappa shape index (κ1) is 21.7. The Bertz CT molecular complexity index is 823. The van der Waals surface area contributed by atoms with Gasteiger partial charge in [-0.2, -0.15) is 0 Å². The second kappa shape index (κ2) is 9.21. The topological polar surface area (TPSA) is 73.0 Å². The lowest BCUT2D eigenvalue weighted by Crippen LogP contribution is -2.46. The average molecular weight is 473 g/mol. The highest BCUT2D eigenvalue weighted by Gasteiger charge is 2.27. The van der Waals surface area contributed by atoms with Crippen LogP contribution in [0.5, 0.6) is 0 Å². The number of likely N-dealkylation sites (N-methyl/N-ethyl adjacent to an activating group) is 1. The van der Waals surface area contributed by atoms with Gasteiger partial charge in [-0.15, -0.1) is 0 Å². The van der Waals surface area contributed by atoms with Crippen molar-refractivity contribution in [2.75, 3.05) is 57.3 Å². The van der Waals surface area contributed by atoms with E-state index in [4.69, 9.17) is 0 Å². The van der Waals surface area contributed by atoms with Gasteiger partial charge in [0.1, 0.15) is 0 Å². The van der Waals surface area contributed by atoms with E-state index in [9.17, 15) is 13.2 Å². The molecule has 2 heterocycles. The van der Waals surface area contributed by atoms with Crippen molar-refractivity contribution in [3.05, 3.63) is 22.2 Å². The van der Waals surface area contributed by atoms with E-state index in [0.29, 0.717) is 23.2 Å². The highest BCUT2D eigenvalue weighted by molar-refractivity contribution is 9.10. The van der Waals surface area contributed by atoms with Crippen molar-refractivity contribution in [1.29, 1.82) is 0 Å². The molecule has 28 heavy (non-hydrogen) atoms. The lowest BCUT2D eigenvalue weighted by atomic mass is 10.2. The van der Waals surface area contributed by atoms with E-state index in [0.717, 1.165) is 57.7 Å². The average Bonchev–Trinajstić information content (AvgIpc) is 3.08. The molecule has 1 aromatic rings. The van der Waals surface area contributed by atoms with E-state index in [1.807, 2.05) is 6.07 Å². The Morgan fingerprint density at radius 1 is 1.14 bits per heavy atom. The van der Waals surface area contributed by atoms with Crippen molar-refractivity contribution in [2.24, 2.45) is 0 Å². The molecule has 3 rings (SSSR count). The number of carbonyl (C=O) groups excluding carboxylic acids is 1. The number of fused-ring (bicyclic) bond motifs is 1. The summed E-state index contributed by atoms with van der Waals surface area (Å²) < 4.78 is 28.8. The molecule has 0 aromatic heterocycles. The van der Waals surface area contributed by atoms with Crippen LogP contribution in [0.15, 0.2) is 21.5 Å². The molecule has 1 saturated heterocycles. The summed E-state index contributed by atoms with van der Waals surface area (Å²) in [7, 11) is -3.64. The standard InChI is InChI=1S/C19H29BrN4O3S/c1-3-22-9-11-23(12-10-22)7-4-6-21-28(26,27)19-14-18-16(13-17(19)20)5-8-24(18)15(2)25/h13-14,21H,3-12H2,1-2H3. The fourth-order valence-corrected chi connectivity index (χ4v) is 6.02. The first-order valence-corrected chi connectivity index (χ1v) is 12.1. The molecule has 1 N–H and O–H groups in total. The Labute approximate surface area is 176 Å². The van der Waals surface area contributed by atoms with Crippen LogP contribution in [0.4, 0.5) is 5.69 Å². The second-order valence-electron chi connectivity index (χ2n) is 7.36. The van der Waals surface area contributed by atoms with Gasteiger partial charge < -0.3 is 14.7 Å². The van der Waals surface area contributed by atoms with E-state index in [1.165, 1.54) is 6.92 Å². The number of piperazine rings is 1. The van der Waals surface area contributed by atoms with Crippen LogP contribution in [-0.2, 0) is 21.2 Å². The van der Waals surface area contributed by atoms with Crippen LogP contribution in [0.1, 0.15) is 25.8 Å². The predicted molar refractivity (Wildman–Crippen MR) is 114 cm³/mol. The molecule has 9 heteroatoms. The van der Waals surface area contributed by atoms with Crippen molar-refractivity contribution in [2.45, 2.75) is 31.6 Å². The number of hydrogen-bond acceptors (Lipinski definition) is 5. The molecule has 0 spiro atoms. The highest BCUT2D eigenvalue weighted by atomic mass is 79.9. The molecule has 1 amide bonds. The Hall–Kier alpha value is -1.00. The number of halogens is 1. The lowest BCUT2D eigenvalue weighted by molar-refractivity contribution is -0.116. The van der Waals surface area contributed by atoms with Gasteiger partial charge in [-0.1, -0.05) is 6.92 Å². The number of rotatable bonds is 7. The number of benzene rings is 1. The molecule has 2 aliphatic heterocycles. The third kappa shape index (κ3) is 4.94. The summed E-state index contributed by atoms with van der Waals surface area (Å²) in [5.41, 5.74) is 1.69. The van der Waals surface area contributed by atoms with Gasteiger partial charge in [0.05, 0.1) is 4.90 Å². The maximum Gasteiger partial charge on any atom is 0.241 e. The quantitative estimate of drug-likeness (QED) is 0.610. The van der Waals surface area contributed by atoms with Gasteiger partial charge in [-0.05, 0) is 59.6 Å². The van der Waals surface area contributed by atoms with Gasteiger partial charge in [0.15, 0.2) is 0 Å². The van der Waals surface area contributed by atoms with Gasteiger partial charge in [-0.3, -0.25) is 4.79 Å². The summed E-state index contributed by atoms with van der Waals surface area (Å²) in [4.78, 5) is 18.4. The third-order valence-corrected chi connectivity index (χ3v) is 7.97. The third-order valence-electron chi connectivity index (χ3n) is 5.55. The van der Waals surface area contributed by atoms with E-state index in [2.05, 4.69) is 37.4 Å². The van der Waals surface area contributed by atoms with Crippen molar-refractivity contribution >= 4 is 37.5 Å². The maximum absolute atomic E-state index is 12.8. The number of anilines is 1. The number of nitrogens with zero attached hydrogens (tertiary/aromatic N) is 3. The minimum atomic E-state index is -3.64. The molecule has 1 fully saturated rings. The van der Waals surface area contributed by atoms with Crippen LogP contribution in [0.25, 0.3) is 0 Å². The van der Waals surface area contributed by atoms with Gasteiger partial charge >= 0.3 is 0 Å². The van der Waals surface area contributed by atoms with Gasteiger partial charge in [0, 0.05) is 56.4 Å². The molecule has 0 aliphatic carbocycles. The largest absolute Gasteiger partial charge is 0.312 e. The van der Waals surface area contributed by atoms with Crippen molar-refractivity contribution in [3.8, 4) is 0 Å². The highest BCUT2D eigenvalue weighted by Crippen LogP contribution is 2.35. The molecule has 0 saturated carbocycles. The number of hydrogen-bond donors (Lipinski definition) is 1. The van der Waals surface area contributed by atoms with E-state index < -0.39 is 10.0 Å². The van der Waals surface area contributed by atoms with Gasteiger partial charge in [0.2, 0.25) is 15.9 Å². The van der Waals surface area contributed by atoms with Crippen LogP contribution < -0.4 is 9.62 Å². The van der Waals surface area contributed by atoms with Crippen molar-refractivity contribution in [3.63, 3.8) is 0 Å². The Balaban J connectivity index is 1.58. The minimum Gasteiger partial charge on any atom is -0.312 e. The predicted octanol–water partition coefficient (Wildman–Crippen LogP) is 1.66. The fraction of sp³-hybridized carbons (Fsp3) is 0.632. The fourth-order valence-electron chi connectivity index (χ4n) is 3.84. The van der Waals surface area contributed by atoms with Gasteiger partial charge in [0.25, 0.3) is 0 Å². The van der Waals surface area contributed by atoms with Crippen molar-refractivity contribution < 1.29 is 13.2 Å². The second-order valence-corrected chi connectivity index (χ2v) is 9.95. The zero-order valence-electron chi connectivity index (χ0n) is 16.6. The molecular weight excluding hydrogens is 444 g/mol. The maximum atomic E-state index is 12.8. The molecule has 2 aliphatic rings. The molecule has 1 aromatic carbocycles. The summed E-state index contributed by atoms with van der Waals surface area (Å²) >= 11 is 3.39. The lowest BCUT2D eigenvalue weighted by Gasteiger charge is -2.33. The Kier molecular flexibility index (Phi) is 7.14. The summed E-state index contributed by atoms with van der Waals surface area (Å²) in [6, 6.07) is 3.43. The summed E-state index contributed by atoms with van der Waals surface area (Å²) in [6.07, 6.45) is 1.51. The summed E-state index contributed by atoms with van der Waals surface area (Å²) in [5.74, 6) is -0.0689. The Morgan fingerprint density at radius 2 is 1.82 bits per heavy atom. The Morgan fingerprint density at radius 3 is 2.46 bits per heavy atom. The van der Waals surface area contributed by atoms with Crippen LogP contribution in [0, 0.1) is 0 Å². The van der Waals surface area contributed by atoms with E-state index in [-0.39, 0.29) is 10.8 Å². The number of sulfonamides is 1. The first-order valence-electron chi connectivity index (χ1n) is 9.86. The van der Waals surface area contributed by atoms with Crippen LogP contribution >= 0.6 is 15.9 Å². The molecule has 7 nitrogen and oxygen atoms in total. The van der Waals surface area contributed by atoms with Crippen molar-refractivity contribution in [1.82, 2.24) is 14.5 Å². The first-order chi connectivity index (χ1) is 13.3. The summed E-state index contributed by atoms with van der Waals surface area (Å²) in [5, 5.41) is 0. The summed E-state index contributed by atoms with van der Waals surface area (Å²) in [6.45, 7) is 10.9. The molecule has 156 valence electrons. The van der Waals surface area contributed by atoms with E-state index >= 15 is 0 Å². The monoisotopic (exact) mass is 472 g/mol. The molecule has 0 unspecified atom stereocenters.